The van der Waals surface area contributed by atoms with Crippen molar-refractivity contribution >= 4 is 11.8 Å². The van der Waals surface area contributed by atoms with E-state index in [4.69, 9.17) is 9.47 Å². The van der Waals surface area contributed by atoms with Crippen molar-refractivity contribution in [3.63, 3.8) is 0 Å². The fraction of sp³-hybridized carbons (Fsp3) is 0.385. The number of fused-ring (bicyclic) bond motifs is 1. The normalized spacial score (nSPS) is 18.2. The molecule has 0 amide bonds. The summed E-state index contributed by atoms with van der Waals surface area (Å²) in [5, 5.41) is 0. The average Bonchev–Trinajstić information content (AvgIpc) is 2.30. The van der Waals surface area contributed by atoms with Gasteiger partial charge in [-0.15, -0.1) is 0 Å². The van der Waals surface area contributed by atoms with Crippen molar-refractivity contribution < 1.29 is 19.1 Å². The number of aryl methyl sites for hydroxylation is 1. The largest absolute Gasteiger partial charge is 0.491 e. The predicted octanol–water partition coefficient (Wildman–Crippen LogP) is 1.75. The molecule has 1 aromatic rings. The third-order valence-corrected chi connectivity index (χ3v) is 2.69. The lowest BCUT2D eigenvalue weighted by atomic mass is 9.94. The van der Waals surface area contributed by atoms with Gasteiger partial charge in [0, 0.05) is 0 Å². The van der Waals surface area contributed by atoms with Crippen LogP contribution >= 0.6 is 0 Å². The number of carbonyl (C=O) groups excluding carboxylic acids is 2. The van der Waals surface area contributed by atoms with Crippen molar-refractivity contribution in [1.82, 2.24) is 0 Å². The highest BCUT2D eigenvalue weighted by Gasteiger charge is 2.35. The summed E-state index contributed by atoms with van der Waals surface area (Å²) in [6.45, 7) is 3.93. The second-order valence-corrected chi connectivity index (χ2v) is 3.98. The minimum absolute atomic E-state index is 0.0632. The summed E-state index contributed by atoms with van der Waals surface area (Å²) in [6, 6.07) is 5.36. The SMILES string of the molecule is CCOC(=O)C1COc2ccc(C)cc2C1=O. The van der Waals surface area contributed by atoms with Crippen LogP contribution in [-0.4, -0.2) is 25.0 Å². The fourth-order valence-corrected chi connectivity index (χ4v) is 1.82. The molecule has 0 spiro atoms. The van der Waals surface area contributed by atoms with Crippen LogP contribution in [0, 0.1) is 12.8 Å². The van der Waals surface area contributed by atoms with Gasteiger partial charge in [-0.1, -0.05) is 11.6 Å². The fourth-order valence-electron chi connectivity index (χ4n) is 1.82. The van der Waals surface area contributed by atoms with Gasteiger partial charge in [0.05, 0.1) is 12.2 Å². The number of Topliss-reactive ketones (excluding diaryl/α,β-unsaturated/α-hetero) is 1. The van der Waals surface area contributed by atoms with Crippen LogP contribution < -0.4 is 4.74 Å². The van der Waals surface area contributed by atoms with E-state index >= 15 is 0 Å². The Labute approximate surface area is 99.5 Å². The summed E-state index contributed by atoms with van der Waals surface area (Å²) >= 11 is 0. The Balaban J connectivity index is 2.29. The van der Waals surface area contributed by atoms with E-state index in [2.05, 4.69) is 0 Å². The van der Waals surface area contributed by atoms with Crippen molar-refractivity contribution in [1.29, 1.82) is 0 Å². The molecule has 17 heavy (non-hydrogen) atoms. The summed E-state index contributed by atoms with van der Waals surface area (Å²) in [5.74, 6) is -1.01. The number of hydrogen-bond acceptors (Lipinski definition) is 4. The third kappa shape index (κ3) is 2.16. The van der Waals surface area contributed by atoms with Crippen LogP contribution in [0.4, 0.5) is 0 Å². The first-order chi connectivity index (χ1) is 8.13. The Morgan fingerprint density at radius 3 is 3.00 bits per heavy atom. The maximum Gasteiger partial charge on any atom is 0.320 e. The molecule has 4 nitrogen and oxygen atoms in total. The van der Waals surface area contributed by atoms with Gasteiger partial charge in [0.1, 0.15) is 12.4 Å². The molecular weight excluding hydrogens is 220 g/mol. The van der Waals surface area contributed by atoms with Crippen LogP contribution in [0.5, 0.6) is 5.75 Å². The molecule has 1 aliphatic rings. The molecule has 0 saturated heterocycles. The molecule has 0 bridgehead atoms. The third-order valence-electron chi connectivity index (χ3n) is 2.69. The van der Waals surface area contributed by atoms with E-state index in [0.29, 0.717) is 11.3 Å². The van der Waals surface area contributed by atoms with Gasteiger partial charge in [0.25, 0.3) is 0 Å². The number of benzene rings is 1. The first-order valence-electron chi connectivity index (χ1n) is 5.57. The van der Waals surface area contributed by atoms with E-state index in [0.717, 1.165) is 5.56 Å². The molecule has 0 N–H and O–H groups in total. The number of ketones is 1. The number of hydrogen-bond donors (Lipinski definition) is 0. The highest BCUT2D eigenvalue weighted by atomic mass is 16.5. The topological polar surface area (TPSA) is 52.6 Å². The highest BCUT2D eigenvalue weighted by molar-refractivity contribution is 6.11. The molecule has 0 aromatic heterocycles. The number of rotatable bonds is 2. The second kappa shape index (κ2) is 4.57. The molecule has 1 heterocycles. The molecule has 4 heteroatoms. The van der Waals surface area contributed by atoms with Gasteiger partial charge in [-0.2, -0.15) is 0 Å². The van der Waals surface area contributed by atoms with E-state index in [-0.39, 0.29) is 19.0 Å². The Bertz CT molecular complexity index is 464. The number of ether oxygens (including phenoxy) is 2. The van der Waals surface area contributed by atoms with Crippen LogP contribution in [0.15, 0.2) is 18.2 Å². The first-order valence-corrected chi connectivity index (χ1v) is 5.57. The van der Waals surface area contributed by atoms with Crippen LogP contribution in [0.3, 0.4) is 0 Å². The molecule has 0 fully saturated rings. The van der Waals surface area contributed by atoms with Crippen LogP contribution in [-0.2, 0) is 9.53 Å². The van der Waals surface area contributed by atoms with Gasteiger partial charge in [0.2, 0.25) is 0 Å². The van der Waals surface area contributed by atoms with E-state index < -0.39 is 11.9 Å². The van der Waals surface area contributed by atoms with Crippen molar-refractivity contribution in [2.75, 3.05) is 13.2 Å². The maximum absolute atomic E-state index is 12.1. The van der Waals surface area contributed by atoms with E-state index in [9.17, 15) is 9.59 Å². The standard InChI is InChI=1S/C13H14O4/c1-3-16-13(15)10-7-17-11-5-4-8(2)6-9(11)12(10)14/h4-6,10H,3,7H2,1-2H3. The zero-order valence-electron chi connectivity index (χ0n) is 9.86. The Morgan fingerprint density at radius 2 is 2.29 bits per heavy atom. The summed E-state index contributed by atoms with van der Waals surface area (Å²) in [6.07, 6.45) is 0. The monoisotopic (exact) mass is 234 g/mol. The Hall–Kier alpha value is -1.84. The summed E-state index contributed by atoms with van der Waals surface area (Å²) in [4.78, 5) is 23.7. The Kier molecular flexibility index (Phi) is 3.13. The summed E-state index contributed by atoms with van der Waals surface area (Å²) < 4.78 is 10.3. The molecule has 2 rings (SSSR count). The molecule has 1 atom stereocenters. The van der Waals surface area contributed by atoms with Gasteiger partial charge in [-0.05, 0) is 26.0 Å². The lowest BCUT2D eigenvalue weighted by molar-refractivity contribution is -0.147. The number of carbonyl (C=O) groups is 2. The van der Waals surface area contributed by atoms with Crippen LogP contribution in [0.25, 0.3) is 0 Å². The molecule has 0 aliphatic carbocycles. The summed E-state index contributed by atoms with van der Waals surface area (Å²) in [5.41, 5.74) is 1.43. The molecule has 1 aromatic carbocycles. The Morgan fingerprint density at radius 1 is 1.53 bits per heavy atom. The molecule has 0 radical (unpaired) electrons. The second-order valence-electron chi connectivity index (χ2n) is 3.98. The zero-order chi connectivity index (χ0) is 12.4. The lowest BCUT2D eigenvalue weighted by Gasteiger charge is -2.22. The quantitative estimate of drug-likeness (QED) is 0.578. The van der Waals surface area contributed by atoms with Gasteiger partial charge in [0.15, 0.2) is 11.7 Å². The van der Waals surface area contributed by atoms with E-state index in [1.165, 1.54) is 0 Å². The zero-order valence-corrected chi connectivity index (χ0v) is 9.86. The van der Waals surface area contributed by atoms with Crippen molar-refractivity contribution in [2.45, 2.75) is 13.8 Å². The van der Waals surface area contributed by atoms with Crippen LogP contribution in [0.1, 0.15) is 22.8 Å². The van der Waals surface area contributed by atoms with Crippen molar-refractivity contribution in [3.8, 4) is 5.75 Å². The minimum Gasteiger partial charge on any atom is -0.491 e. The molecule has 1 unspecified atom stereocenters. The smallest absolute Gasteiger partial charge is 0.320 e. The maximum atomic E-state index is 12.1. The van der Waals surface area contributed by atoms with Gasteiger partial charge in [-0.3, -0.25) is 9.59 Å². The van der Waals surface area contributed by atoms with Gasteiger partial charge < -0.3 is 9.47 Å². The molecular formula is C13H14O4. The van der Waals surface area contributed by atoms with Gasteiger partial charge >= 0.3 is 5.97 Å². The van der Waals surface area contributed by atoms with Crippen LogP contribution in [0.2, 0.25) is 0 Å². The van der Waals surface area contributed by atoms with Crippen molar-refractivity contribution in [3.05, 3.63) is 29.3 Å². The molecule has 90 valence electrons. The summed E-state index contributed by atoms with van der Waals surface area (Å²) in [7, 11) is 0. The molecule has 0 saturated carbocycles. The molecule has 1 aliphatic heterocycles. The first kappa shape index (κ1) is 11.6. The van der Waals surface area contributed by atoms with E-state index in [1.54, 1.807) is 19.1 Å². The average molecular weight is 234 g/mol. The van der Waals surface area contributed by atoms with E-state index in [1.807, 2.05) is 13.0 Å². The highest BCUT2D eigenvalue weighted by Crippen LogP contribution is 2.28. The lowest BCUT2D eigenvalue weighted by Crippen LogP contribution is -2.35. The van der Waals surface area contributed by atoms with Crippen molar-refractivity contribution in [2.24, 2.45) is 5.92 Å². The predicted molar refractivity (Wildman–Crippen MR) is 61.1 cm³/mol. The number of esters is 1. The van der Waals surface area contributed by atoms with Gasteiger partial charge in [-0.25, -0.2) is 0 Å². The minimum atomic E-state index is -0.829.